The second-order valence-corrected chi connectivity index (χ2v) is 4.57. The molecule has 0 radical (unpaired) electrons. The Balaban J connectivity index is 2.35. The van der Waals surface area contributed by atoms with E-state index in [0.29, 0.717) is 13.1 Å². The van der Waals surface area contributed by atoms with Gasteiger partial charge in [0.15, 0.2) is 0 Å². The van der Waals surface area contributed by atoms with Crippen molar-refractivity contribution in [1.82, 2.24) is 9.80 Å². The SMILES string of the molecule is COC(CN)CC(=O)N1CCN(CC(F)(F)F)CC1. The molecule has 2 N–H and O–H groups in total. The highest BCUT2D eigenvalue weighted by molar-refractivity contribution is 5.76. The normalized spacial score (nSPS) is 19.5. The van der Waals surface area contributed by atoms with Crippen LogP contribution in [0.25, 0.3) is 0 Å². The molecule has 1 unspecified atom stereocenters. The Bertz CT molecular complexity index is 287. The lowest BCUT2D eigenvalue weighted by Crippen LogP contribution is -2.51. The molecule has 5 nitrogen and oxygen atoms in total. The second-order valence-electron chi connectivity index (χ2n) is 4.57. The molecule has 1 atom stereocenters. The van der Waals surface area contributed by atoms with Gasteiger partial charge in [-0.3, -0.25) is 9.69 Å². The molecule has 1 heterocycles. The quantitative estimate of drug-likeness (QED) is 0.775. The van der Waals surface area contributed by atoms with E-state index >= 15 is 0 Å². The number of halogens is 3. The van der Waals surface area contributed by atoms with Crippen LogP contribution in [0.1, 0.15) is 6.42 Å². The number of hydrogen-bond acceptors (Lipinski definition) is 4. The number of carbonyl (C=O) groups excluding carboxylic acids is 1. The lowest BCUT2D eigenvalue weighted by Gasteiger charge is -2.35. The van der Waals surface area contributed by atoms with Gasteiger partial charge in [0.2, 0.25) is 5.91 Å². The van der Waals surface area contributed by atoms with Crippen molar-refractivity contribution in [2.24, 2.45) is 5.73 Å². The molecule has 0 aromatic heterocycles. The highest BCUT2D eigenvalue weighted by Crippen LogP contribution is 2.17. The summed E-state index contributed by atoms with van der Waals surface area (Å²) >= 11 is 0. The van der Waals surface area contributed by atoms with E-state index in [2.05, 4.69) is 0 Å². The largest absolute Gasteiger partial charge is 0.401 e. The Morgan fingerprint density at radius 2 is 1.89 bits per heavy atom. The van der Waals surface area contributed by atoms with Crippen LogP contribution in [0.15, 0.2) is 0 Å². The molecular formula is C11H20F3N3O2. The van der Waals surface area contributed by atoms with Gasteiger partial charge in [0.05, 0.1) is 19.1 Å². The number of nitrogens with zero attached hydrogens (tertiary/aromatic N) is 2. The number of nitrogens with two attached hydrogens (primary N) is 1. The molecule has 0 saturated carbocycles. The molecule has 0 aromatic rings. The molecule has 0 aliphatic carbocycles. The third-order valence-electron chi connectivity index (χ3n) is 3.13. The first-order valence-electron chi connectivity index (χ1n) is 6.15. The number of hydrogen-bond donors (Lipinski definition) is 1. The van der Waals surface area contributed by atoms with Gasteiger partial charge in [-0.15, -0.1) is 0 Å². The fourth-order valence-electron chi connectivity index (χ4n) is 2.00. The Hall–Kier alpha value is -0.860. The van der Waals surface area contributed by atoms with E-state index in [1.165, 1.54) is 12.0 Å². The maximum absolute atomic E-state index is 12.2. The van der Waals surface area contributed by atoms with Gasteiger partial charge in [-0.05, 0) is 0 Å². The van der Waals surface area contributed by atoms with Crippen LogP contribution in [0, 0.1) is 0 Å². The molecule has 0 aromatic carbocycles. The zero-order valence-corrected chi connectivity index (χ0v) is 10.9. The van der Waals surface area contributed by atoms with E-state index in [0.717, 1.165) is 0 Å². The minimum atomic E-state index is -4.19. The summed E-state index contributed by atoms with van der Waals surface area (Å²) in [7, 11) is 1.48. The van der Waals surface area contributed by atoms with Crippen molar-refractivity contribution in [2.45, 2.75) is 18.7 Å². The highest BCUT2D eigenvalue weighted by atomic mass is 19.4. The minimum absolute atomic E-state index is 0.121. The lowest BCUT2D eigenvalue weighted by molar-refractivity contribution is -0.152. The average Bonchev–Trinajstić information content (AvgIpc) is 2.34. The molecule has 0 spiro atoms. The van der Waals surface area contributed by atoms with Crippen LogP contribution in [-0.4, -0.2) is 74.4 Å². The predicted molar refractivity (Wildman–Crippen MR) is 63.5 cm³/mol. The molecule has 8 heteroatoms. The summed E-state index contributed by atoms with van der Waals surface area (Å²) in [5, 5.41) is 0. The van der Waals surface area contributed by atoms with Crippen LogP contribution in [0.4, 0.5) is 13.2 Å². The van der Waals surface area contributed by atoms with E-state index in [9.17, 15) is 18.0 Å². The highest BCUT2D eigenvalue weighted by Gasteiger charge is 2.33. The summed E-state index contributed by atoms with van der Waals surface area (Å²) in [4.78, 5) is 14.7. The fraction of sp³-hybridized carbons (Fsp3) is 0.909. The van der Waals surface area contributed by atoms with Gasteiger partial charge in [0.25, 0.3) is 0 Å². The van der Waals surface area contributed by atoms with E-state index in [-0.39, 0.29) is 38.1 Å². The van der Waals surface area contributed by atoms with Crippen LogP contribution in [0.2, 0.25) is 0 Å². The van der Waals surface area contributed by atoms with E-state index in [1.807, 2.05) is 0 Å². The zero-order chi connectivity index (χ0) is 14.5. The van der Waals surface area contributed by atoms with E-state index < -0.39 is 12.7 Å². The first kappa shape index (κ1) is 16.2. The summed E-state index contributed by atoms with van der Waals surface area (Å²) in [6.45, 7) is 0.442. The minimum Gasteiger partial charge on any atom is -0.380 e. The monoisotopic (exact) mass is 283 g/mol. The summed E-state index contributed by atoms with van der Waals surface area (Å²) < 4.78 is 41.6. The topological polar surface area (TPSA) is 58.8 Å². The Morgan fingerprint density at radius 1 is 1.32 bits per heavy atom. The summed E-state index contributed by atoms with van der Waals surface area (Å²) in [6, 6.07) is 0. The van der Waals surface area contributed by atoms with E-state index in [1.54, 1.807) is 4.90 Å². The van der Waals surface area contributed by atoms with Gasteiger partial charge < -0.3 is 15.4 Å². The smallest absolute Gasteiger partial charge is 0.380 e. The van der Waals surface area contributed by atoms with Gasteiger partial charge in [0, 0.05) is 39.8 Å². The van der Waals surface area contributed by atoms with Crippen molar-refractivity contribution in [2.75, 3.05) is 46.4 Å². The molecule has 1 rings (SSSR count). The molecule has 112 valence electrons. The van der Waals surface area contributed by atoms with Crippen LogP contribution in [0.3, 0.4) is 0 Å². The van der Waals surface area contributed by atoms with Gasteiger partial charge >= 0.3 is 6.18 Å². The average molecular weight is 283 g/mol. The zero-order valence-electron chi connectivity index (χ0n) is 10.9. The van der Waals surface area contributed by atoms with Crippen molar-refractivity contribution >= 4 is 5.91 Å². The molecule has 1 aliphatic rings. The molecule has 1 aliphatic heterocycles. The van der Waals surface area contributed by atoms with Crippen molar-refractivity contribution in [3.8, 4) is 0 Å². The molecular weight excluding hydrogens is 263 g/mol. The Kier molecular flexibility index (Phi) is 6.02. The predicted octanol–water partition coefficient (Wildman–Crippen LogP) is 0.0567. The van der Waals surface area contributed by atoms with Gasteiger partial charge in [-0.1, -0.05) is 0 Å². The number of rotatable bonds is 5. The first-order valence-corrected chi connectivity index (χ1v) is 6.15. The van der Waals surface area contributed by atoms with Gasteiger partial charge in [-0.2, -0.15) is 13.2 Å². The van der Waals surface area contributed by atoms with Crippen LogP contribution in [-0.2, 0) is 9.53 Å². The number of methoxy groups -OCH3 is 1. The summed E-state index contributed by atoms with van der Waals surface area (Å²) in [5.41, 5.74) is 5.42. The first-order chi connectivity index (χ1) is 8.85. The molecule has 0 bridgehead atoms. The maximum atomic E-state index is 12.2. The van der Waals surface area contributed by atoms with E-state index in [4.69, 9.17) is 10.5 Å². The summed E-state index contributed by atoms with van der Waals surface area (Å²) in [6.07, 6.45) is -4.35. The lowest BCUT2D eigenvalue weighted by atomic mass is 10.2. The number of carbonyl (C=O) groups is 1. The third kappa shape index (κ3) is 5.75. The number of ether oxygens (including phenoxy) is 1. The van der Waals surface area contributed by atoms with Crippen LogP contribution < -0.4 is 5.73 Å². The van der Waals surface area contributed by atoms with Crippen molar-refractivity contribution < 1.29 is 22.7 Å². The van der Waals surface area contributed by atoms with Crippen molar-refractivity contribution in [3.05, 3.63) is 0 Å². The number of alkyl halides is 3. The number of amides is 1. The van der Waals surface area contributed by atoms with Gasteiger partial charge in [-0.25, -0.2) is 0 Å². The van der Waals surface area contributed by atoms with Crippen molar-refractivity contribution in [1.29, 1.82) is 0 Å². The van der Waals surface area contributed by atoms with Crippen LogP contribution >= 0.6 is 0 Å². The van der Waals surface area contributed by atoms with Crippen LogP contribution in [0.5, 0.6) is 0 Å². The third-order valence-corrected chi connectivity index (χ3v) is 3.13. The van der Waals surface area contributed by atoms with Crippen molar-refractivity contribution in [3.63, 3.8) is 0 Å². The molecule has 1 saturated heterocycles. The standard InChI is InChI=1S/C11H20F3N3O2/c1-19-9(7-15)6-10(18)17-4-2-16(3-5-17)8-11(12,13)14/h9H,2-8,15H2,1H3. The Labute approximate surface area is 110 Å². The Morgan fingerprint density at radius 3 is 2.32 bits per heavy atom. The fourth-order valence-corrected chi connectivity index (χ4v) is 2.00. The van der Waals surface area contributed by atoms with Gasteiger partial charge in [0.1, 0.15) is 0 Å². The number of piperazine rings is 1. The second kappa shape index (κ2) is 7.06. The molecule has 19 heavy (non-hydrogen) atoms. The maximum Gasteiger partial charge on any atom is 0.401 e. The molecule has 1 fully saturated rings. The molecule has 1 amide bonds. The summed E-state index contributed by atoms with van der Waals surface area (Å²) in [5.74, 6) is -0.121.